The van der Waals surface area contributed by atoms with Crippen molar-refractivity contribution in [2.24, 2.45) is 0 Å². The zero-order valence-corrected chi connectivity index (χ0v) is 14.9. The summed E-state index contributed by atoms with van der Waals surface area (Å²) in [6.07, 6.45) is 5.19. The molecule has 1 aromatic carbocycles. The van der Waals surface area contributed by atoms with Crippen LogP contribution >= 0.6 is 31.9 Å². The van der Waals surface area contributed by atoms with Crippen LogP contribution < -0.4 is 5.32 Å². The lowest BCUT2D eigenvalue weighted by Crippen LogP contribution is -2.24. The molecule has 0 saturated heterocycles. The average Bonchev–Trinajstić information content (AvgIpc) is 2.47. The summed E-state index contributed by atoms with van der Waals surface area (Å²) in [5, 5.41) is 3.47. The van der Waals surface area contributed by atoms with Gasteiger partial charge in [-0.2, -0.15) is 0 Å². The van der Waals surface area contributed by atoms with Crippen molar-refractivity contribution in [3.05, 3.63) is 62.5 Å². The molecule has 0 radical (unpaired) electrons. The highest BCUT2D eigenvalue weighted by Crippen LogP contribution is 2.24. The van der Waals surface area contributed by atoms with E-state index >= 15 is 0 Å². The fourth-order valence-electron chi connectivity index (χ4n) is 2.16. The smallest absolute Gasteiger partial charge is 0.126 e. The molecule has 1 heterocycles. The van der Waals surface area contributed by atoms with E-state index < -0.39 is 0 Å². The van der Waals surface area contributed by atoms with Crippen LogP contribution in [0.3, 0.4) is 0 Å². The van der Waals surface area contributed by atoms with Gasteiger partial charge in [0.05, 0.1) is 0 Å². The molecule has 0 fully saturated rings. The van der Waals surface area contributed by atoms with E-state index in [0.29, 0.717) is 12.0 Å². The first kappa shape index (κ1) is 16.6. The highest BCUT2D eigenvalue weighted by atomic mass is 79.9. The summed E-state index contributed by atoms with van der Waals surface area (Å²) in [4.78, 5) is 4.20. The van der Waals surface area contributed by atoms with Gasteiger partial charge in [0, 0.05) is 27.4 Å². The molecule has 1 unspecified atom stereocenters. The van der Waals surface area contributed by atoms with Crippen LogP contribution in [-0.4, -0.2) is 11.5 Å². The summed E-state index contributed by atoms with van der Waals surface area (Å²) in [5.74, 6) is -0.176. The van der Waals surface area contributed by atoms with E-state index in [1.54, 1.807) is 12.3 Å². The van der Waals surface area contributed by atoms with Gasteiger partial charge in [0.2, 0.25) is 0 Å². The molecule has 0 saturated carbocycles. The van der Waals surface area contributed by atoms with Crippen molar-refractivity contribution in [1.29, 1.82) is 0 Å². The van der Waals surface area contributed by atoms with Crippen LogP contribution in [0, 0.1) is 5.82 Å². The lowest BCUT2D eigenvalue weighted by molar-refractivity contribution is 0.511. The summed E-state index contributed by atoms with van der Waals surface area (Å²) >= 11 is 6.84. The molecule has 0 spiro atoms. The van der Waals surface area contributed by atoms with Gasteiger partial charge < -0.3 is 5.32 Å². The van der Waals surface area contributed by atoms with E-state index in [9.17, 15) is 4.39 Å². The fraction of sp³-hybridized carbons (Fsp3) is 0.312. The molecule has 1 aromatic heterocycles. The second-order valence-electron chi connectivity index (χ2n) is 4.88. The van der Waals surface area contributed by atoms with Crippen molar-refractivity contribution in [3.63, 3.8) is 0 Å². The van der Waals surface area contributed by atoms with Gasteiger partial charge in [-0.3, -0.25) is 4.98 Å². The quantitative estimate of drug-likeness (QED) is 0.715. The second kappa shape index (κ2) is 8.01. The van der Waals surface area contributed by atoms with Gasteiger partial charge >= 0.3 is 0 Å². The highest BCUT2D eigenvalue weighted by molar-refractivity contribution is 9.10. The molecule has 1 atom stereocenters. The standard InChI is InChI=1S/C16H17Br2FN2/c1-2-5-21-16(12-7-14(18)10-20-9-12)8-11-6-13(17)3-4-15(11)19/h3-4,6-7,9-10,16,21H,2,5,8H2,1H3. The Bertz CT molecular complexity index is 605. The van der Waals surface area contributed by atoms with Gasteiger partial charge in [0.15, 0.2) is 0 Å². The molecule has 0 bridgehead atoms. The number of rotatable bonds is 6. The maximum atomic E-state index is 14.0. The normalized spacial score (nSPS) is 12.4. The van der Waals surface area contributed by atoms with Crippen molar-refractivity contribution >= 4 is 31.9 Å². The van der Waals surface area contributed by atoms with Crippen molar-refractivity contribution in [2.75, 3.05) is 6.54 Å². The molecule has 112 valence electrons. The summed E-state index contributed by atoms with van der Waals surface area (Å²) in [6.45, 7) is 3.00. The first-order valence-electron chi connectivity index (χ1n) is 6.88. The molecule has 2 aromatic rings. The van der Waals surface area contributed by atoms with Crippen molar-refractivity contribution < 1.29 is 4.39 Å². The van der Waals surface area contributed by atoms with E-state index in [1.165, 1.54) is 6.07 Å². The molecule has 0 amide bonds. The topological polar surface area (TPSA) is 24.9 Å². The lowest BCUT2D eigenvalue weighted by Gasteiger charge is -2.19. The summed E-state index contributed by atoms with van der Waals surface area (Å²) in [7, 11) is 0. The van der Waals surface area contributed by atoms with Gasteiger partial charge in [0.1, 0.15) is 5.82 Å². The first-order chi connectivity index (χ1) is 10.1. The number of aromatic nitrogens is 1. The van der Waals surface area contributed by atoms with E-state index in [0.717, 1.165) is 27.5 Å². The Balaban J connectivity index is 2.25. The Hall–Kier alpha value is -0.780. The van der Waals surface area contributed by atoms with E-state index in [2.05, 4.69) is 49.1 Å². The Labute approximate surface area is 141 Å². The van der Waals surface area contributed by atoms with Gasteiger partial charge in [0.25, 0.3) is 0 Å². The SMILES string of the molecule is CCCNC(Cc1cc(Br)ccc1F)c1cncc(Br)c1. The predicted octanol–water partition coefficient (Wildman–Crippen LogP) is 5.03. The van der Waals surface area contributed by atoms with E-state index in [4.69, 9.17) is 0 Å². The number of nitrogens with zero attached hydrogens (tertiary/aromatic N) is 1. The van der Waals surface area contributed by atoms with Crippen molar-refractivity contribution in [1.82, 2.24) is 10.3 Å². The molecule has 21 heavy (non-hydrogen) atoms. The monoisotopic (exact) mass is 414 g/mol. The van der Waals surface area contributed by atoms with Crippen LogP contribution in [0.5, 0.6) is 0 Å². The molecule has 0 aliphatic heterocycles. The largest absolute Gasteiger partial charge is 0.310 e. The van der Waals surface area contributed by atoms with Crippen LogP contribution in [0.15, 0.2) is 45.6 Å². The summed E-state index contributed by atoms with van der Waals surface area (Å²) in [5.41, 5.74) is 1.75. The minimum absolute atomic E-state index is 0.0405. The summed E-state index contributed by atoms with van der Waals surface area (Å²) < 4.78 is 15.8. The van der Waals surface area contributed by atoms with E-state index in [1.807, 2.05) is 18.3 Å². The third kappa shape index (κ3) is 4.87. The number of halogens is 3. The van der Waals surface area contributed by atoms with Crippen LogP contribution in [0.2, 0.25) is 0 Å². The summed E-state index contributed by atoms with van der Waals surface area (Å²) in [6, 6.07) is 7.11. The van der Waals surface area contributed by atoms with Crippen LogP contribution in [0.25, 0.3) is 0 Å². The van der Waals surface area contributed by atoms with E-state index in [-0.39, 0.29) is 11.9 Å². The van der Waals surface area contributed by atoms with Gasteiger partial charge in [-0.1, -0.05) is 22.9 Å². The molecular weight excluding hydrogens is 399 g/mol. The molecule has 5 heteroatoms. The van der Waals surface area contributed by atoms with Crippen LogP contribution in [0.4, 0.5) is 4.39 Å². The Morgan fingerprint density at radius 3 is 2.71 bits per heavy atom. The maximum absolute atomic E-state index is 14.0. The molecule has 2 nitrogen and oxygen atoms in total. The lowest BCUT2D eigenvalue weighted by atomic mass is 9.99. The number of benzene rings is 1. The van der Waals surface area contributed by atoms with Crippen LogP contribution in [-0.2, 0) is 6.42 Å². The predicted molar refractivity (Wildman–Crippen MR) is 90.8 cm³/mol. The van der Waals surface area contributed by atoms with Crippen molar-refractivity contribution in [3.8, 4) is 0 Å². The molecular formula is C16H17Br2FN2. The number of pyridine rings is 1. The average molecular weight is 416 g/mol. The molecule has 1 N–H and O–H groups in total. The number of hydrogen-bond acceptors (Lipinski definition) is 2. The number of nitrogens with one attached hydrogen (secondary N) is 1. The molecule has 2 rings (SSSR count). The van der Waals surface area contributed by atoms with Gasteiger partial charge in [-0.15, -0.1) is 0 Å². The second-order valence-corrected chi connectivity index (χ2v) is 6.71. The molecule has 0 aliphatic carbocycles. The highest BCUT2D eigenvalue weighted by Gasteiger charge is 2.15. The third-order valence-electron chi connectivity index (χ3n) is 3.20. The van der Waals surface area contributed by atoms with Gasteiger partial charge in [-0.05, 0) is 70.7 Å². The Morgan fingerprint density at radius 2 is 2.00 bits per heavy atom. The van der Waals surface area contributed by atoms with Crippen LogP contribution in [0.1, 0.15) is 30.5 Å². The zero-order chi connectivity index (χ0) is 15.2. The number of hydrogen-bond donors (Lipinski definition) is 1. The minimum Gasteiger partial charge on any atom is -0.310 e. The Kier molecular flexibility index (Phi) is 6.33. The van der Waals surface area contributed by atoms with Crippen molar-refractivity contribution in [2.45, 2.75) is 25.8 Å². The Morgan fingerprint density at radius 1 is 1.19 bits per heavy atom. The minimum atomic E-state index is -0.176. The maximum Gasteiger partial charge on any atom is 0.126 e. The fourth-order valence-corrected chi connectivity index (χ4v) is 2.96. The third-order valence-corrected chi connectivity index (χ3v) is 4.13. The molecule has 0 aliphatic rings. The first-order valence-corrected chi connectivity index (χ1v) is 8.46. The zero-order valence-electron chi connectivity index (χ0n) is 11.7. The van der Waals surface area contributed by atoms with Gasteiger partial charge in [-0.25, -0.2) is 4.39 Å².